The van der Waals surface area contributed by atoms with Crippen LogP contribution >= 0.6 is 0 Å². The topological polar surface area (TPSA) is 30.5 Å². The van der Waals surface area contributed by atoms with Gasteiger partial charge in [-0.15, -0.1) is 0 Å². The van der Waals surface area contributed by atoms with E-state index in [9.17, 15) is 0 Å². The zero-order valence-corrected chi connectivity index (χ0v) is 12.2. The second kappa shape index (κ2) is 6.29. The molecule has 19 heavy (non-hydrogen) atoms. The van der Waals surface area contributed by atoms with Crippen molar-refractivity contribution in [3.63, 3.8) is 0 Å². The Morgan fingerprint density at radius 2 is 2.00 bits per heavy atom. The Bertz CT molecular complexity index is 403. The third kappa shape index (κ3) is 3.63. The van der Waals surface area contributed by atoms with Crippen molar-refractivity contribution in [2.24, 2.45) is 5.41 Å². The van der Waals surface area contributed by atoms with Crippen LogP contribution < -0.4 is 14.8 Å². The Morgan fingerprint density at radius 3 is 2.63 bits per heavy atom. The lowest BCUT2D eigenvalue weighted by Gasteiger charge is -2.28. The summed E-state index contributed by atoms with van der Waals surface area (Å²) in [6, 6.07) is 8.39. The molecular formula is C16H25NO2. The Labute approximate surface area is 116 Å². The molecule has 1 aromatic carbocycles. The van der Waals surface area contributed by atoms with Gasteiger partial charge in [0, 0.05) is 12.6 Å². The van der Waals surface area contributed by atoms with Crippen molar-refractivity contribution in [1.82, 2.24) is 5.32 Å². The monoisotopic (exact) mass is 263 g/mol. The second-order valence-corrected chi connectivity index (χ2v) is 5.89. The van der Waals surface area contributed by atoms with E-state index in [1.54, 1.807) is 7.11 Å². The molecule has 1 fully saturated rings. The third-order valence-electron chi connectivity index (χ3n) is 4.08. The largest absolute Gasteiger partial charge is 0.493 e. The normalized spacial score (nSPS) is 21.3. The maximum absolute atomic E-state index is 5.77. The Balaban J connectivity index is 1.75. The predicted octanol–water partition coefficient (Wildman–Crippen LogP) is 3.24. The average Bonchev–Trinajstić information content (AvgIpc) is 2.74. The molecule has 0 bridgehead atoms. The summed E-state index contributed by atoms with van der Waals surface area (Å²) in [5.74, 6) is 1.61. The molecule has 2 rings (SSSR count). The zero-order valence-electron chi connectivity index (χ0n) is 12.2. The van der Waals surface area contributed by atoms with Gasteiger partial charge < -0.3 is 14.8 Å². The van der Waals surface area contributed by atoms with E-state index in [1.807, 2.05) is 24.3 Å². The highest BCUT2D eigenvalue weighted by Gasteiger charge is 2.33. The molecule has 3 heteroatoms. The summed E-state index contributed by atoms with van der Waals surface area (Å²) in [4.78, 5) is 0. The van der Waals surface area contributed by atoms with E-state index in [0.29, 0.717) is 18.1 Å². The molecule has 0 aromatic heterocycles. The fraction of sp³-hybridized carbons (Fsp3) is 0.625. The van der Waals surface area contributed by atoms with Crippen LogP contribution in [-0.2, 0) is 0 Å². The summed E-state index contributed by atoms with van der Waals surface area (Å²) in [6.45, 7) is 6.25. The molecule has 0 heterocycles. The second-order valence-electron chi connectivity index (χ2n) is 5.89. The van der Waals surface area contributed by atoms with Gasteiger partial charge >= 0.3 is 0 Å². The third-order valence-corrected chi connectivity index (χ3v) is 4.08. The molecule has 1 aliphatic carbocycles. The lowest BCUT2D eigenvalue weighted by atomic mass is 9.87. The van der Waals surface area contributed by atoms with Crippen LogP contribution in [0.1, 0.15) is 33.1 Å². The van der Waals surface area contributed by atoms with Gasteiger partial charge in [-0.1, -0.05) is 32.4 Å². The van der Waals surface area contributed by atoms with Crippen LogP contribution in [0.4, 0.5) is 0 Å². The number of methoxy groups -OCH3 is 1. The van der Waals surface area contributed by atoms with E-state index in [1.165, 1.54) is 19.3 Å². The summed E-state index contributed by atoms with van der Waals surface area (Å²) >= 11 is 0. The van der Waals surface area contributed by atoms with E-state index in [4.69, 9.17) is 9.47 Å². The first-order valence-corrected chi connectivity index (χ1v) is 7.13. The summed E-state index contributed by atoms with van der Waals surface area (Å²) < 4.78 is 11.0. The van der Waals surface area contributed by atoms with Crippen molar-refractivity contribution in [2.75, 3.05) is 20.3 Å². The van der Waals surface area contributed by atoms with E-state index in [-0.39, 0.29) is 0 Å². The van der Waals surface area contributed by atoms with Crippen molar-refractivity contribution in [3.8, 4) is 11.5 Å². The van der Waals surface area contributed by atoms with Crippen LogP contribution in [0.2, 0.25) is 0 Å². The van der Waals surface area contributed by atoms with Crippen molar-refractivity contribution in [1.29, 1.82) is 0 Å². The van der Waals surface area contributed by atoms with Gasteiger partial charge in [0.15, 0.2) is 11.5 Å². The minimum Gasteiger partial charge on any atom is -0.493 e. The van der Waals surface area contributed by atoms with Crippen LogP contribution in [0.25, 0.3) is 0 Å². The molecule has 0 saturated heterocycles. The summed E-state index contributed by atoms with van der Waals surface area (Å²) in [5.41, 5.74) is 0.421. The highest BCUT2D eigenvalue weighted by Crippen LogP contribution is 2.37. The highest BCUT2D eigenvalue weighted by molar-refractivity contribution is 5.39. The molecule has 3 nitrogen and oxygen atoms in total. The Hall–Kier alpha value is -1.22. The van der Waals surface area contributed by atoms with Crippen molar-refractivity contribution in [3.05, 3.63) is 24.3 Å². The molecule has 1 aromatic rings. The smallest absolute Gasteiger partial charge is 0.161 e. The van der Waals surface area contributed by atoms with E-state index in [0.717, 1.165) is 18.0 Å². The van der Waals surface area contributed by atoms with Crippen molar-refractivity contribution < 1.29 is 9.47 Å². The van der Waals surface area contributed by atoms with Gasteiger partial charge in [-0.2, -0.15) is 0 Å². The fourth-order valence-corrected chi connectivity index (χ4v) is 2.84. The molecule has 1 saturated carbocycles. The first-order valence-electron chi connectivity index (χ1n) is 7.13. The molecule has 1 unspecified atom stereocenters. The van der Waals surface area contributed by atoms with Crippen LogP contribution in [-0.4, -0.2) is 26.3 Å². The summed E-state index contributed by atoms with van der Waals surface area (Å²) in [5, 5.41) is 3.61. The van der Waals surface area contributed by atoms with Gasteiger partial charge in [-0.05, 0) is 30.4 Å². The quantitative estimate of drug-likeness (QED) is 0.799. The molecule has 0 radical (unpaired) electrons. The molecule has 0 amide bonds. The van der Waals surface area contributed by atoms with E-state index in [2.05, 4.69) is 19.2 Å². The summed E-state index contributed by atoms with van der Waals surface area (Å²) in [7, 11) is 1.67. The molecule has 1 N–H and O–H groups in total. The molecular weight excluding hydrogens is 238 g/mol. The van der Waals surface area contributed by atoms with Gasteiger partial charge in [0.25, 0.3) is 0 Å². The maximum atomic E-state index is 5.77. The molecule has 0 aliphatic heterocycles. The Kier molecular flexibility index (Phi) is 4.70. The van der Waals surface area contributed by atoms with Gasteiger partial charge in [0.1, 0.15) is 6.61 Å². The van der Waals surface area contributed by atoms with Crippen molar-refractivity contribution >= 4 is 0 Å². The summed E-state index contributed by atoms with van der Waals surface area (Å²) in [6.07, 6.45) is 3.93. The lowest BCUT2D eigenvalue weighted by Crippen LogP contribution is -2.39. The first-order chi connectivity index (χ1) is 9.13. The van der Waals surface area contributed by atoms with Gasteiger partial charge in [-0.25, -0.2) is 0 Å². The minimum atomic E-state index is 0.421. The van der Waals surface area contributed by atoms with E-state index >= 15 is 0 Å². The van der Waals surface area contributed by atoms with Crippen LogP contribution in [0.5, 0.6) is 11.5 Å². The predicted molar refractivity (Wildman–Crippen MR) is 77.9 cm³/mol. The Morgan fingerprint density at radius 1 is 1.26 bits per heavy atom. The fourth-order valence-electron chi connectivity index (χ4n) is 2.84. The number of rotatable bonds is 6. The van der Waals surface area contributed by atoms with Crippen LogP contribution in [0.15, 0.2) is 24.3 Å². The highest BCUT2D eigenvalue weighted by atomic mass is 16.5. The van der Waals surface area contributed by atoms with E-state index < -0.39 is 0 Å². The van der Waals surface area contributed by atoms with Gasteiger partial charge in [0.05, 0.1) is 7.11 Å². The minimum absolute atomic E-state index is 0.421. The number of para-hydroxylation sites is 2. The number of nitrogens with one attached hydrogen (secondary N) is 1. The molecule has 1 atom stereocenters. The first kappa shape index (κ1) is 14.2. The lowest BCUT2D eigenvalue weighted by molar-refractivity contribution is 0.248. The standard InChI is InChI=1S/C16H25NO2/c1-16(2)10-6-9-15(16)17-11-12-19-14-8-5-4-7-13(14)18-3/h4-5,7-8,15,17H,6,9-12H2,1-3H3. The van der Waals surface area contributed by atoms with Crippen LogP contribution in [0.3, 0.4) is 0 Å². The SMILES string of the molecule is COc1ccccc1OCCNC1CCCC1(C)C. The zero-order chi connectivity index (χ0) is 13.7. The molecule has 106 valence electrons. The number of hydrogen-bond acceptors (Lipinski definition) is 3. The number of ether oxygens (including phenoxy) is 2. The number of hydrogen-bond donors (Lipinski definition) is 1. The maximum Gasteiger partial charge on any atom is 0.161 e. The molecule has 1 aliphatic rings. The van der Waals surface area contributed by atoms with Crippen molar-refractivity contribution in [2.45, 2.75) is 39.2 Å². The average molecular weight is 263 g/mol. The van der Waals surface area contributed by atoms with Crippen LogP contribution in [0, 0.1) is 5.41 Å². The van der Waals surface area contributed by atoms with Gasteiger partial charge in [-0.3, -0.25) is 0 Å². The molecule has 0 spiro atoms. The number of benzene rings is 1. The van der Waals surface area contributed by atoms with Gasteiger partial charge in [0.2, 0.25) is 0 Å².